The van der Waals surface area contributed by atoms with Gasteiger partial charge in [-0.15, -0.1) is 0 Å². The summed E-state index contributed by atoms with van der Waals surface area (Å²) in [6.07, 6.45) is 3.66. The predicted octanol–water partition coefficient (Wildman–Crippen LogP) is 3.53. The van der Waals surface area contributed by atoms with Crippen molar-refractivity contribution in [1.29, 1.82) is 0 Å². The van der Waals surface area contributed by atoms with E-state index in [1.54, 1.807) is 0 Å². The van der Waals surface area contributed by atoms with Gasteiger partial charge in [0.2, 0.25) is 0 Å². The standard InChI is InChI=1S/C17H25NO2/c1-4-20-16-10-8-15(9-11-16)17(19)12-18-13(2)6-5-7-14(18)3/h8-11,13-14H,4-7,12H2,1-3H3/t13-,14+. The summed E-state index contributed by atoms with van der Waals surface area (Å²) < 4.78 is 5.40. The van der Waals surface area contributed by atoms with E-state index in [1.807, 2.05) is 31.2 Å². The van der Waals surface area contributed by atoms with Gasteiger partial charge in [-0.3, -0.25) is 9.69 Å². The van der Waals surface area contributed by atoms with E-state index in [-0.39, 0.29) is 5.78 Å². The summed E-state index contributed by atoms with van der Waals surface area (Å²) in [5.74, 6) is 1.03. The number of piperidine rings is 1. The third-order valence-corrected chi connectivity index (χ3v) is 4.19. The summed E-state index contributed by atoms with van der Waals surface area (Å²) in [5.41, 5.74) is 0.776. The van der Waals surface area contributed by atoms with Gasteiger partial charge >= 0.3 is 0 Å². The van der Waals surface area contributed by atoms with E-state index in [1.165, 1.54) is 19.3 Å². The zero-order valence-corrected chi connectivity index (χ0v) is 12.8. The van der Waals surface area contributed by atoms with E-state index in [2.05, 4.69) is 18.7 Å². The minimum absolute atomic E-state index is 0.202. The second-order valence-corrected chi connectivity index (χ2v) is 5.68. The number of ketones is 1. The molecule has 1 aromatic carbocycles. The molecule has 0 bridgehead atoms. The number of Topliss-reactive ketones (excluding diaryl/α,β-unsaturated/α-hetero) is 1. The Kier molecular flexibility index (Phi) is 5.18. The lowest BCUT2D eigenvalue weighted by Gasteiger charge is -2.38. The number of carbonyl (C=O) groups is 1. The molecule has 3 nitrogen and oxygen atoms in total. The topological polar surface area (TPSA) is 29.5 Å². The second kappa shape index (κ2) is 6.89. The van der Waals surface area contributed by atoms with Gasteiger partial charge in [-0.2, -0.15) is 0 Å². The number of hydrogen-bond donors (Lipinski definition) is 0. The van der Waals surface area contributed by atoms with Crippen LogP contribution in [0, 0.1) is 0 Å². The molecule has 110 valence electrons. The van der Waals surface area contributed by atoms with Crippen molar-refractivity contribution in [2.75, 3.05) is 13.2 Å². The first kappa shape index (κ1) is 15.0. The summed E-state index contributed by atoms with van der Waals surface area (Å²) in [5, 5.41) is 0. The number of carbonyl (C=O) groups excluding carboxylic acids is 1. The maximum atomic E-state index is 12.4. The quantitative estimate of drug-likeness (QED) is 0.770. The third-order valence-electron chi connectivity index (χ3n) is 4.19. The molecule has 0 saturated carbocycles. The summed E-state index contributed by atoms with van der Waals surface area (Å²) in [7, 11) is 0. The fourth-order valence-electron chi connectivity index (χ4n) is 2.95. The lowest BCUT2D eigenvalue weighted by Crippen LogP contribution is -2.46. The minimum Gasteiger partial charge on any atom is -0.494 e. The lowest BCUT2D eigenvalue weighted by molar-refractivity contribution is 0.0734. The lowest BCUT2D eigenvalue weighted by atomic mass is 9.96. The molecule has 1 aromatic rings. The monoisotopic (exact) mass is 275 g/mol. The molecule has 1 saturated heterocycles. The van der Waals surface area contributed by atoms with Crippen molar-refractivity contribution in [3.8, 4) is 5.75 Å². The Bertz CT molecular complexity index is 431. The highest BCUT2D eigenvalue weighted by Gasteiger charge is 2.26. The van der Waals surface area contributed by atoms with Gasteiger partial charge < -0.3 is 4.74 Å². The summed E-state index contributed by atoms with van der Waals surface area (Å²) in [6.45, 7) is 7.58. The van der Waals surface area contributed by atoms with Crippen LogP contribution in [0.25, 0.3) is 0 Å². The molecule has 1 heterocycles. The van der Waals surface area contributed by atoms with Crippen molar-refractivity contribution >= 4 is 5.78 Å². The number of ether oxygens (including phenoxy) is 1. The van der Waals surface area contributed by atoms with Crippen LogP contribution in [-0.4, -0.2) is 35.9 Å². The Labute approximate surface area is 121 Å². The van der Waals surface area contributed by atoms with Crippen LogP contribution in [-0.2, 0) is 0 Å². The average Bonchev–Trinajstić information content (AvgIpc) is 2.44. The maximum Gasteiger partial charge on any atom is 0.176 e. The molecular weight excluding hydrogens is 250 g/mol. The Balaban J connectivity index is 2.00. The molecule has 20 heavy (non-hydrogen) atoms. The largest absolute Gasteiger partial charge is 0.494 e. The van der Waals surface area contributed by atoms with Crippen LogP contribution in [0.1, 0.15) is 50.4 Å². The van der Waals surface area contributed by atoms with Crippen molar-refractivity contribution in [3.63, 3.8) is 0 Å². The summed E-state index contributed by atoms with van der Waals surface area (Å²) in [6, 6.07) is 8.49. The zero-order valence-electron chi connectivity index (χ0n) is 12.8. The number of likely N-dealkylation sites (tertiary alicyclic amines) is 1. The SMILES string of the molecule is CCOc1ccc(C(=O)CN2[C@H](C)CCC[C@@H]2C)cc1. The van der Waals surface area contributed by atoms with E-state index in [4.69, 9.17) is 4.74 Å². The van der Waals surface area contributed by atoms with Gasteiger partial charge in [0.05, 0.1) is 13.2 Å². The van der Waals surface area contributed by atoms with Crippen LogP contribution in [0.2, 0.25) is 0 Å². The number of benzene rings is 1. The molecule has 0 aromatic heterocycles. The van der Waals surface area contributed by atoms with Gasteiger partial charge in [0.1, 0.15) is 5.75 Å². The highest BCUT2D eigenvalue weighted by Crippen LogP contribution is 2.23. The Morgan fingerprint density at radius 1 is 1.20 bits per heavy atom. The van der Waals surface area contributed by atoms with Crippen LogP contribution >= 0.6 is 0 Å². The van der Waals surface area contributed by atoms with Gasteiger partial charge in [0.25, 0.3) is 0 Å². The first-order valence-electron chi connectivity index (χ1n) is 7.63. The van der Waals surface area contributed by atoms with Gasteiger partial charge in [0, 0.05) is 17.6 Å². The molecule has 0 aliphatic carbocycles. The van der Waals surface area contributed by atoms with Gasteiger partial charge in [0.15, 0.2) is 5.78 Å². The molecule has 1 aliphatic heterocycles. The van der Waals surface area contributed by atoms with Gasteiger partial charge in [-0.1, -0.05) is 6.42 Å². The fraction of sp³-hybridized carbons (Fsp3) is 0.588. The Morgan fingerprint density at radius 3 is 2.35 bits per heavy atom. The van der Waals surface area contributed by atoms with Crippen LogP contribution in [0.4, 0.5) is 0 Å². The third kappa shape index (κ3) is 3.60. The van der Waals surface area contributed by atoms with Crippen molar-refractivity contribution in [2.45, 2.75) is 52.1 Å². The van der Waals surface area contributed by atoms with Gasteiger partial charge in [-0.25, -0.2) is 0 Å². The molecule has 2 rings (SSSR count). The van der Waals surface area contributed by atoms with E-state index < -0.39 is 0 Å². The van der Waals surface area contributed by atoms with Crippen molar-refractivity contribution in [2.24, 2.45) is 0 Å². The maximum absolute atomic E-state index is 12.4. The number of nitrogens with zero attached hydrogens (tertiary/aromatic N) is 1. The predicted molar refractivity (Wildman–Crippen MR) is 81.4 cm³/mol. The molecule has 0 unspecified atom stereocenters. The Morgan fingerprint density at radius 2 is 1.80 bits per heavy atom. The van der Waals surface area contributed by atoms with E-state index >= 15 is 0 Å². The second-order valence-electron chi connectivity index (χ2n) is 5.68. The minimum atomic E-state index is 0.202. The Hall–Kier alpha value is -1.35. The number of hydrogen-bond acceptors (Lipinski definition) is 3. The van der Waals surface area contributed by atoms with Gasteiger partial charge in [-0.05, 0) is 57.9 Å². The fourth-order valence-corrected chi connectivity index (χ4v) is 2.95. The first-order chi connectivity index (χ1) is 9.61. The van der Waals surface area contributed by atoms with Crippen LogP contribution < -0.4 is 4.74 Å². The highest BCUT2D eigenvalue weighted by molar-refractivity contribution is 5.97. The molecular formula is C17H25NO2. The zero-order chi connectivity index (χ0) is 14.5. The van der Waals surface area contributed by atoms with Crippen LogP contribution in [0.15, 0.2) is 24.3 Å². The molecule has 0 radical (unpaired) electrons. The molecule has 1 aliphatic rings. The molecule has 0 spiro atoms. The molecule has 3 heteroatoms. The van der Waals surface area contributed by atoms with Crippen LogP contribution in [0.5, 0.6) is 5.75 Å². The molecule has 1 fully saturated rings. The highest BCUT2D eigenvalue weighted by atomic mass is 16.5. The van der Waals surface area contributed by atoms with Crippen molar-refractivity contribution in [3.05, 3.63) is 29.8 Å². The summed E-state index contributed by atoms with van der Waals surface area (Å²) >= 11 is 0. The molecule has 2 atom stereocenters. The molecule has 0 N–H and O–H groups in total. The normalized spacial score (nSPS) is 23.6. The molecule has 0 amide bonds. The smallest absolute Gasteiger partial charge is 0.176 e. The van der Waals surface area contributed by atoms with Crippen molar-refractivity contribution < 1.29 is 9.53 Å². The van der Waals surface area contributed by atoms with E-state index in [0.717, 1.165) is 11.3 Å². The number of rotatable bonds is 5. The first-order valence-corrected chi connectivity index (χ1v) is 7.63. The van der Waals surface area contributed by atoms with Crippen LogP contribution in [0.3, 0.4) is 0 Å². The van der Waals surface area contributed by atoms with Crippen molar-refractivity contribution in [1.82, 2.24) is 4.90 Å². The summed E-state index contributed by atoms with van der Waals surface area (Å²) in [4.78, 5) is 14.7. The average molecular weight is 275 g/mol. The van der Waals surface area contributed by atoms with E-state index in [9.17, 15) is 4.79 Å². The van der Waals surface area contributed by atoms with E-state index in [0.29, 0.717) is 25.2 Å².